The van der Waals surface area contributed by atoms with Crippen LogP contribution in [-0.2, 0) is 9.84 Å². The number of sulfone groups is 1. The molecule has 0 aromatic carbocycles. The Hall–Kier alpha value is -0.820. The van der Waals surface area contributed by atoms with Crippen molar-refractivity contribution in [1.82, 2.24) is 4.37 Å². The molecule has 3 N–H and O–H groups in total. The highest BCUT2D eigenvalue weighted by Gasteiger charge is 2.25. The highest BCUT2D eigenvalue weighted by Crippen LogP contribution is 2.34. The van der Waals surface area contributed by atoms with E-state index >= 15 is 0 Å². The number of aromatic nitrogens is 1. The Morgan fingerprint density at radius 2 is 2.22 bits per heavy atom. The van der Waals surface area contributed by atoms with Crippen LogP contribution in [0.25, 0.3) is 0 Å². The molecule has 1 aromatic rings. The Morgan fingerprint density at radius 1 is 1.50 bits per heavy atom. The maximum Gasteiger partial charge on any atom is 0.185 e. The first-order valence-corrected chi connectivity index (χ1v) is 8.69. The van der Waals surface area contributed by atoms with E-state index in [0.717, 1.165) is 18.1 Å². The van der Waals surface area contributed by atoms with Crippen molar-refractivity contribution in [3.63, 3.8) is 0 Å². The van der Waals surface area contributed by atoms with Gasteiger partial charge in [-0.05, 0) is 36.7 Å². The summed E-state index contributed by atoms with van der Waals surface area (Å²) in [5, 5.41) is 3.80. The third-order valence-electron chi connectivity index (χ3n) is 3.23. The number of hydrogen-bond donors (Lipinski definition) is 2. The van der Waals surface area contributed by atoms with E-state index in [9.17, 15) is 8.42 Å². The van der Waals surface area contributed by atoms with Gasteiger partial charge in [-0.3, -0.25) is 0 Å². The van der Waals surface area contributed by atoms with E-state index in [1.807, 2.05) is 6.92 Å². The van der Waals surface area contributed by atoms with Gasteiger partial charge in [-0.2, -0.15) is 4.37 Å². The lowest BCUT2D eigenvalue weighted by Crippen LogP contribution is -2.21. The van der Waals surface area contributed by atoms with E-state index < -0.39 is 9.84 Å². The summed E-state index contributed by atoms with van der Waals surface area (Å²) in [4.78, 5) is 0.202. The molecule has 2 rings (SSSR count). The molecule has 0 spiro atoms. The molecule has 1 aliphatic rings. The van der Waals surface area contributed by atoms with Gasteiger partial charge in [0.15, 0.2) is 15.7 Å². The van der Waals surface area contributed by atoms with Crippen molar-refractivity contribution in [3.8, 4) is 0 Å². The van der Waals surface area contributed by atoms with Gasteiger partial charge in [0, 0.05) is 6.54 Å². The van der Waals surface area contributed by atoms with E-state index in [-0.39, 0.29) is 16.5 Å². The predicted molar refractivity (Wildman–Crippen MR) is 74.7 cm³/mol. The standard InChI is InChI=1S/C11H19N3O2S2/c1-2-6-18(15,16)9-10(12)14-17-11(9)13-7-8-4-3-5-8/h8,13H,2-7H2,1H3,(H2,12,14). The van der Waals surface area contributed by atoms with Gasteiger partial charge in [0.1, 0.15) is 9.90 Å². The first-order valence-electron chi connectivity index (χ1n) is 6.26. The van der Waals surface area contributed by atoms with Gasteiger partial charge in [0.2, 0.25) is 0 Å². The second-order valence-corrected chi connectivity index (χ2v) is 7.54. The summed E-state index contributed by atoms with van der Waals surface area (Å²) in [5.41, 5.74) is 5.69. The molecule has 0 atom stereocenters. The van der Waals surface area contributed by atoms with Crippen molar-refractivity contribution in [2.24, 2.45) is 5.92 Å². The smallest absolute Gasteiger partial charge is 0.185 e. The molecule has 0 aliphatic heterocycles. The molecule has 1 fully saturated rings. The summed E-state index contributed by atoms with van der Waals surface area (Å²) in [6.45, 7) is 2.66. The zero-order chi connectivity index (χ0) is 13.2. The SMILES string of the molecule is CCCS(=O)(=O)c1c(N)nsc1NCC1CCC1. The van der Waals surface area contributed by atoms with Gasteiger partial charge >= 0.3 is 0 Å². The van der Waals surface area contributed by atoms with Crippen LogP contribution in [0.1, 0.15) is 32.6 Å². The maximum atomic E-state index is 12.1. The average Bonchev–Trinajstić information content (AvgIpc) is 2.58. The Labute approximate surface area is 112 Å². The number of hydrogen-bond acceptors (Lipinski definition) is 6. The van der Waals surface area contributed by atoms with Crippen molar-refractivity contribution >= 4 is 32.2 Å². The second kappa shape index (κ2) is 5.44. The Kier molecular flexibility index (Phi) is 4.11. The zero-order valence-corrected chi connectivity index (χ0v) is 12.1. The normalized spacial score (nSPS) is 16.5. The third-order valence-corrected chi connectivity index (χ3v) is 6.16. The molecule has 1 heterocycles. The summed E-state index contributed by atoms with van der Waals surface area (Å²) in [5.74, 6) is 0.910. The number of anilines is 2. The minimum atomic E-state index is -3.30. The molecule has 0 bridgehead atoms. The fraction of sp³-hybridized carbons (Fsp3) is 0.727. The first-order chi connectivity index (χ1) is 8.54. The van der Waals surface area contributed by atoms with Crippen LogP contribution in [0.5, 0.6) is 0 Å². The second-order valence-electron chi connectivity index (χ2n) is 4.72. The number of nitrogens with two attached hydrogens (primary N) is 1. The van der Waals surface area contributed by atoms with Gasteiger partial charge in [-0.15, -0.1) is 0 Å². The molecular formula is C11H19N3O2S2. The van der Waals surface area contributed by atoms with Crippen molar-refractivity contribution in [1.29, 1.82) is 0 Å². The van der Waals surface area contributed by atoms with Crippen LogP contribution in [0.2, 0.25) is 0 Å². The lowest BCUT2D eigenvalue weighted by atomic mass is 9.85. The minimum Gasteiger partial charge on any atom is -0.382 e. The van der Waals surface area contributed by atoms with Crippen LogP contribution in [0, 0.1) is 5.92 Å². The van der Waals surface area contributed by atoms with E-state index in [4.69, 9.17) is 5.73 Å². The Balaban J connectivity index is 2.15. The number of nitrogens with zero attached hydrogens (tertiary/aromatic N) is 1. The summed E-state index contributed by atoms with van der Waals surface area (Å²) < 4.78 is 28.2. The molecule has 1 saturated carbocycles. The number of nitrogen functional groups attached to an aromatic ring is 1. The lowest BCUT2D eigenvalue weighted by molar-refractivity contribution is 0.333. The molecule has 1 aliphatic carbocycles. The Bertz CT molecular complexity index is 506. The third kappa shape index (κ3) is 2.77. The highest BCUT2D eigenvalue weighted by atomic mass is 32.2. The highest BCUT2D eigenvalue weighted by molar-refractivity contribution is 7.91. The molecule has 0 amide bonds. The number of nitrogens with one attached hydrogen (secondary N) is 1. The zero-order valence-electron chi connectivity index (χ0n) is 10.5. The van der Waals surface area contributed by atoms with Gasteiger partial charge in [-0.1, -0.05) is 13.3 Å². The fourth-order valence-corrected chi connectivity index (χ4v) is 4.64. The minimum absolute atomic E-state index is 0.119. The summed E-state index contributed by atoms with van der Waals surface area (Å²) >= 11 is 1.14. The van der Waals surface area contributed by atoms with Crippen LogP contribution in [0.15, 0.2) is 4.90 Å². The van der Waals surface area contributed by atoms with Crippen LogP contribution in [0.4, 0.5) is 10.8 Å². The van der Waals surface area contributed by atoms with Gasteiger partial charge in [-0.25, -0.2) is 8.42 Å². The van der Waals surface area contributed by atoms with Crippen LogP contribution >= 0.6 is 11.5 Å². The topological polar surface area (TPSA) is 85.1 Å². The maximum absolute atomic E-state index is 12.1. The summed E-state index contributed by atoms with van der Waals surface area (Å²) in [6, 6.07) is 0. The Morgan fingerprint density at radius 3 is 2.78 bits per heavy atom. The number of rotatable bonds is 6. The molecule has 0 radical (unpaired) electrons. The van der Waals surface area contributed by atoms with E-state index in [0.29, 0.717) is 17.3 Å². The average molecular weight is 289 g/mol. The molecule has 0 unspecified atom stereocenters. The first kappa shape index (κ1) is 13.6. The summed E-state index contributed by atoms with van der Waals surface area (Å²) in [7, 11) is -3.30. The molecular weight excluding hydrogens is 270 g/mol. The van der Waals surface area contributed by atoms with Crippen molar-refractivity contribution in [3.05, 3.63) is 0 Å². The molecule has 1 aromatic heterocycles. The van der Waals surface area contributed by atoms with E-state index in [1.54, 1.807) is 0 Å². The van der Waals surface area contributed by atoms with Crippen LogP contribution in [-0.4, -0.2) is 25.1 Å². The van der Waals surface area contributed by atoms with Gasteiger partial charge in [0.25, 0.3) is 0 Å². The van der Waals surface area contributed by atoms with Crippen molar-refractivity contribution in [2.75, 3.05) is 23.3 Å². The van der Waals surface area contributed by atoms with E-state index in [1.165, 1.54) is 19.3 Å². The predicted octanol–water partition coefficient (Wildman–Crippen LogP) is 2.12. The van der Waals surface area contributed by atoms with Crippen LogP contribution in [0.3, 0.4) is 0 Å². The fourth-order valence-electron chi connectivity index (χ4n) is 2.01. The van der Waals surface area contributed by atoms with Crippen LogP contribution < -0.4 is 11.1 Å². The molecule has 7 heteroatoms. The van der Waals surface area contributed by atoms with E-state index in [2.05, 4.69) is 9.69 Å². The summed E-state index contributed by atoms with van der Waals surface area (Å²) in [6.07, 6.45) is 4.30. The lowest BCUT2D eigenvalue weighted by Gasteiger charge is -2.25. The van der Waals surface area contributed by atoms with Gasteiger partial charge < -0.3 is 11.1 Å². The van der Waals surface area contributed by atoms with Gasteiger partial charge in [0.05, 0.1) is 5.75 Å². The largest absolute Gasteiger partial charge is 0.382 e. The molecule has 18 heavy (non-hydrogen) atoms. The quantitative estimate of drug-likeness (QED) is 0.838. The molecule has 0 saturated heterocycles. The van der Waals surface area contributed by atoms with Crippen molar-refractivity contribution < 1.29 is 8.42 Å². The molecule has 102 valence electrons. The monoisotopic (exact) mass is 289 g/mol. The molecule has 5 nitrogen and oxygen atoms in total. The van der Waals surface area contributed by atoms with Crippen molar-refractivity contribution in [2.45, 2.75) is 37.5 Å².